The number of carbonyl (C=O) groups excluding carboxylic acids is 2. The van der Waals surface area contributed by atoms with Gasteiger partial charge >= 0.3 is 22.3 Å². The van der Waals surface area contributed by atoms with Gasteiger partial charge in [0.05, 0.1) is 19.1 Å². The molecule has 1 heterocycles. The van der Waals surface area contributed by atoms with Crippen LogP contribution in [0.2, 0.25) is 0 Å². The van der Waals surface area contributed by atoms with E-state index in [9.17, 15) is 18.0 Å². The molecule has 0 aromatic carbocycles. The fourth-order valence-corrected chi connectivity index (χ4v) is 2.82. The van der Waals surface area contributed by atoms with Crippen molar-refractivity contribution in [2.75, 3.05) is 20.2 Å². The van der Waals surface area contributed by atoms with Crippen LogP contribution in [0, 0.1) is 5.92 Å². The second kappa shape index (κ2) is 6.20. The topological polar surface area (TPSA) is 102 Å². The summed E-state index contributed by atoms with van der Waals surface area (Å²) in [5, 5.41) is 0. The molecule has 0 aromatic heterocycles. The van der Waals surface area contributed by atoms with Gasteiger partial charge in [0, 0.05) is 13.1 Å². The Kier molecular flexibility index (Phi) is 5.12. The number of methoxy groups -OCH3 is 1. The summed E-state index contributed by atoms with van der Waals surface area (Å²) in [5.74, 6) is -0.954. The van der Waals surface area contributed by atoms with E-state index in [0.717, 1.165) is 4.31 Å². The van der Waals surface area contributed by atoms with Crippen molar-refractivity contribution < 1.29 is 27.5 Å². The fourth-order valence-electron chi connectivity index (χ4n) is 1.71. The van der Waals surface area contributed by atoms with Gasteiger partial charge in [-0.3, -0.25) is 4.79 Å². The van der Waals surface area contributed by atoms with Gasteiger partial charge in [-0.2, -0.15) is 12.7 Å². The first-order valence-electron chi connectivity index (χ1n) is 5.82. The van der Waals surface area contributed by atoms with E-state index in [-0.39, 0.29) is 13.1 Å². The lowest BCUT2D eigenvalue weighted by atomic mass is 10.1. The van der Waals surface area contributed by atoms with Gasteiger partial charge in [-0.1, -0.05) is 0 Å². The van der Waals surface area contributed by atoms with Crippen LogP contribution in [0.25, 0.3) is 0 Å². The predicted molar refractivity (Wildman–Crippen MR) is 65.4 cm³/mol. The molecule has 8 nitrogen and oxygen atoms in total. The van der Waals surface area contributed by atoms with E-state index >= 15 is 0 Å². The van der Waals surface area contributed by atoms with E-state index in [1.165, 1.54) is 7.11 Å². The second-order valence-electron chi connectivity index (χ2n) is 4.43. The molecule has 1 aliphatic rings. The summed E-state index contributed by atoms with van der Waals surface area (Å²) in [4.78, 5) is 22.6. The fraction of sp³-hybridized carbons (Fsp3) is 0.800. The van der Waals surface area contributed by atoms with E-state index in [1.807, 2.05) is 0 Å². The lowest BCUT2D eigenvalue weighted by molar-refractivity contribution is -0.144. The van der Waals surface area contributed by atoms with E-state index in [4.69, 9.17) is 4.74 Å². The van der Waals surface area contributed by atoms with Gasteiger partial charge < -0.3 is 9.47 Å². The zero-order valence-corrected chi connectivity index (χ0v) is 11.9. The third kappa shape index (κ3) is 4.35. The SMILES string of the molecule is COC(=O)C1CCN(S(=O)(=O)NC(=O)OC(C)C)C1. The maximum Gasteiger partial charge on any atom is 0.422 e. The molecule has 1 saturated heterocycles. The number of rotatable bonds is 4. The number of hydrogen-bond acceptors (Lipinski definition) is 6. The first kappa shape index (κ1) is 15.7. The first-order chi connectivity index (χ1) is 8.76. The summed E-state index contributed by atoms with van der Waals surface area (Å²) in [5.41, 5.74) is 0. The molecule has 0 bridgehead atoms. The van der Waals surface area contributed by atoms with Crippen LogP contribution >= 0.6 is 0 Å². The minimum atomic E-state index is -3.98. The third-order valence-electron chi connectivity index (χ3n) is 2.58. The molecule has 1 fully saturated rings. The number of hydrogen-bond donors (Lipinski definition) is 1. The van der Waals surface area contributed by atoms with Crippen LogP contribution in [0.4, 0.5) is 4.79 Å². The summed E-state index contributed by atoms with van der Waals surface area (Å²) in [6.45, 7) is 3.37. The van der Waals surface area contributed by atoms with Crippen LogP contribution < -0.4 is 4.72 Å². The molecule has 0 aliphatic carbocycles. The van der Waals surface area contributed by atoms with Crippen LogP contribution in [-0.4, -0.2) is 51.1 Å². The number of amides is 1. The number of ether oxygens (including phenoxy) is 2. The predicted octanol–water partition coefficient (Wildman–Crippen LogP) is -0.139. The van der Waals surface area contributed by atoms with Crippen molar-refractivity contribution in [1.29, 1.82) is 0 Å². The number of carbonyl (C=O) groups is 2. The van der Waals surface area contributed by atoms with Gasteiger partial charge in [-0.05, 0) is 20.3 Å². The molecule has 19 heavy (non-hydrogen) atoms. The summed E-state index contributed by atoms with van der Waals surface area (Å²) in [7, 11) is -2.73. The minimum Gasteiger partial charge on any atom is -0.469 e. The molecule has 0 spiro atoms. The normalized spacial score (nSPS) is 20.3. The van der Waals surface area contributed by atoms with Gasteiger partial charge in [-0.25, -0.2) is 9.52 Å². The second-order valence-corrected chi connectivity index (χ2v) is 6.10. The van der Waals surface area contributed by atoms with E-state index in [2.05, 4.69) is 4.74 Å². The Morgan fingerprint density at radius 1 is 1.37 bits per heavy atom. The minimum absolute atomic E-state index is 0.00301. The summed E-state index contributed by atoms with van der Waals surface area (Å²) in [6.07, 6.45) is -1.08. The van der Waals surface area contributed by atoms with Crippen molar-refractivity contribution in [3.05, 3.63) is 0 Å². The molecule has 1 amide bonds. The molecule has 0 saturated carbocycles. The zero-order chi connectivity index (χ0) is 14.6. The summed E-state index contributed by atoms with van der Waals surface area (Å²) < 4.78 is 35.8. The van der Waals surface area contributed by atoms with Crippen molar-refractivity contribution in [1.82, 2.24) is 9.03 Å². The lowest BCUT2D eigenvalue weighted by Gasteiger charge is -2.17. The highest BCUT2D eigenvalue weighted by Crippen LogP contribution is 2.19. The van der Waals surface area contributed by atoms with Gasteiger partial charge in [0.1, 0.15) is 0 Å². The molecule has 0 aromatic rings. The molecule has 1 aliphatic heterocycles. The molecule has 1 N–H and O–H groups in total. The Morgan fingerprint density at radius 3 is 2.53 bits per heavy atom. The maximum atomic E-state index is 11.8. The van der Waals surface area contributed by atoms with Crippen LogP contribution in [0.15, 0.2) is 0 Å². The monoisotopic (exact) mass is 294 g/mol. The Labute approximate surface area is 112 Å². The van der Waals surface area contributed by atoms with Crippen LogP contribution in [-0.2, 0) is 24.5 Å². The first-order valence-corrected chi connectivity index (χ1v) is 7.26. The molecule has 1 unspecified atom stereocenters. The summed E-state index contributed by atoms with van der Waals surface area (Å²) >= 11 is 0. The highest BCUT2D eigenvalue weighted by molar-refractivity contribution is 7.87. The highest BCUT2D eigenvalue weighted by Gasteiger charge is 2.36. The van der Waals surface area contributed by atoms with Crippen LogP contribution in [0.5, 0.6) is 0 Å². The standard InChI is InChI=1S/C10H18N2O6S/c1-7(2)18-10(14)11-19(15,16)12-5-4-8(6-12)9(13)17-3/h7-8H,4-6H2,1-3H3,(H,11,14). The Morgan fingerprint density at radius 2 is 2.00 bits per heavy atom. The van der Waals surface area contributed by atoms with E-state index < -0.39 is 34.3 Å². The molecular weight excluding hydrogens is 276 g/mol. The summed E-state index contributed by atoms with van der Waals surface area (Å²) in [6, 6.07) is 0. The maximum absolute atomic E-state index is 11.8. The van der Waals surface area contributed by atoms with Gasteiger partial charge in [0.25, 0.3) is 0 Å². The average molecular weight is 294 g/mol. The Balaban J connectivity index is 2.60. The third-order valence-corrected chi connectivity index (χ3v) is 4.02. The van der Waals surface area contributed by atoms with Crippen molar-refractivity contribution >= 4 is 22.3 Å². The Bertz CT molecular complexity index is 447. The zero-order valence-electron chi connectivity index (χ0n) is 11.1. The molecule has 1 rings (SSSR count). The van der Waals surface area contributed by atoms with E-state index in [1.54, 1.807) is 18.6 Å². The van der Waals surface area contributed by atoms with Gasteiger partial charge in [0.2, 0.25) is 0 Å². The van der Waals surface area contributed by atoms with Crippen molar-refractivity contribution in [3.63, 3.8) is 0 Å². The number of esters is 1. The van der Waals surface area contributed by atoms with Crippen molar-refractivity contribution in [2.24, 2.45) is 5.92 Å². The van der Waals surface area contributed by atoms with Gasteiger partial charge in [0.15, 0.2) is 0 Å². The highest BCUT2D eigenvalue weighted by atomic mass is 32.2. The quantitative estimate of drug-likeness (QED) is 0.724. The smallest absolute Gasteiger partial charge is 0.422 e. The van der Waals surface area contributed by atoms with Crippen molar-refractivity contribution in [3.8, 4) is 0 Å². The molecule has 1 atom stereocenters. The molecule has 0 radical (unpaired) electrons. The average Bonchev–Trinajstić information content (AvgIpc) is 2.75. The Hall–Kier alpha value is -1.35. The van der Waals surface area contributed by atoms with Crippen LogP contribution in [0.3, 0.4) is 0 Å². The molecule has 110 valence electrons. The van der Waals surface area contributed by atoms with Gasteiger partial charge in [-0.15, -0.1) is 0 Å². The number of nitrogens with one attached hydrogen (secondary N) is 1. The van der Waals surface area contributed by atoms with Crippen molar-refractivity contribution in [2.45, 2.75) is 26.4 Å². The molecular formula is C10H18N2O6S. The van der Waals surface area contributed by atoms with Crippen LogP contribution in [0.1, 0.15) is 20.3 Å². The molecule has 9 heteroatoms. The largest absolute Gasteiger partial charge is 0.469 e. The van der Waals surface area contributed by atoms with E-state index in [0.29, 0.717) is 6.42 Å². The lowest BCUT2D eigenvalue weighted by Crippen LogP contribution is -2.43. The number of nitrogens with zero attached hydrogens (tertiary/aromatic N) is 1.